The predicted molar refractivity (Wildman–Crippen MR) is 126 cm³/mol. The van der Waals surface area contributed by atoms with E-state index in [2.05, 4.69) is 9.80 Å². The molecule has 1 aliphatic carbocycles. The zero-order valence-electron chi connectivity index (χ0n) is 20.2. The molecule has 36 heavy (non-hydrogen) atoms. The van der Waals surface area contributed by atoms with Gasteiger partial charge in [0.15, 0.2) is 0 Å². The average Bonchev–Trinajstić information content (AvgIpc) is 3.39. The summed E-state index contributed by atoms with van der Waals surface area (Å²) in [5.74, 6) is 0.636. The first kappa shape index (κ1) is 26.8. The Morgan fingerprint density at radius 1 is 0.889 bits per heavy atom. The molecule has 1 heterocycles. The molecule has 2 aromatic rings. The van der Waals surface area contributed by atoms with Crippen LogP contribution >= 0.6 is 0 Å². The number of ether oxygens (including phenoxy) is 1. The van der Waals surface area contributed by atoms with Crippen LogP contribution in [0.25, 0.3) is 0 Å². The molecule has 3 nitrogen and oxygen atoms in total. The third-order valence-electron chi connectivity index (χ3n) is 7.27. The lowest BCUT2D eigenvalue weighted by molar-refractivity contribution is -0.143. The van der Waals surface area contributed by atoms with Crippen molar-refractivity contribution in [2.45, 2.75) is 56.5 Å². The van der Waals surface area contributed by atoms with Gasteiger partial charge in [-0.2, -0.15) is 26.3 Å². The normalized spacial score (nSPS) is 19.5. The molecule has 1 saturated heterocycles. The molecule has 1 unspecified atom stereocenters. The summed E-state index contributed by atoms with van der Waals surface area (Å²) in [6.45, 7) is 3.27. The SMILES string of the molecule is COc1ccccc1C([CH]Cc1cc(C(F)(F)F)cc(C(F)(F)F)c1)N1CCN(C2CCCC2)CC1. The van der Waals surface area contributed by atoms with Crippen molar-refractivity contribution in [2.24, 2.45) is 0 Å². The zero-order valence-corrected chi connectivity index (χ0v) is 20.2. The van der Waals surface area contributed by atoms with Crippen LogP contribution in [0.15, 0.2) is 42.5 Å². The first-order valence-corrected chi connectivity index (χ1v) is 12.3. The highest BCUT2D eigenvalue weighted by Gasteiger charge is 2.37. The van der Waals surface area contributed by atoms with Crippen molar-refractivity contribution in [1.29, 1.82) is 0 Å². The highest BCUT2D eigenvalue weighted by Crippen LogP contribution is 2.38. The number of para-hydroxylation sites is 1. The van der Waals surface area contributed by atoms with E-state index in [1.807, 2.05) is 24.3 Å². The largest absolute Gasteiger partial charge is 0.496 e. The van der Waals surface area contributed by atoms with E-state index in [0.29, 0.717) is 11.8 Å². The summed E-state index contributed by atoms with van der Waals surface area (Å²) in [5, 5.41) is 0. The fraction of sp³-hybridized carbons (Fsp3) is 0.519. The second kappa shape index (κ2) is 11.0. The Bertz CT molecular complexity index is 976. The van der Waals surface area contributed by atoms with Gasteiger partial charge in [0.1, 0.15) is 5.75 Å². The van der Waals surface area contributed by atoms with E-state index in [0.717, 1.165) is 43.9 Å². The summed E-state index contributed by atoms with van der Waals surface area (Å²) in [6, 6.07) is 9.49. The van der Waals surface area contributed by atoms with Crippen LogP contribution in [0, 0.1) is 6.42 Å². The van der Waals surface area contributed by atoms with Crippen LogP contribution in [0.2, 0.25) is 0 Å². The minimum absolute atomic E-state index is 0.0263. The van der Waals surface area contributed by atoms with Gasteiger partial charge < -0.3 is 4.74 Å². The Morgan fingerprint density at radius 2 is 1.47 bits per heavy atom. The van der Waals surface area contributed by atoms with Crippen molar-refractivity contribution in [3.05, 3.63) is 71.1 Å². The molecule has 0 N–H and O–H groups in total. The lowest BCUT2D eigenvalue weighted by Gasteiger charge is -2.42. The van der Waals surface area contributed by atoms with Gasteiger partial charge in [-0.15, -0.1) is 0 Å². The van der Waals surface area contributed by atoms with Gasteiger partial charge in [-0.05, 0) is 55.5 Å². The van der Waals surface area contributed by atoms with E-state index >= 15 is 0 Å². The molecule has 197 valence electrons. The number of hydrogen-bond acceptors (Lipinski definition) is 3. The lowest BCUT2D eigenvalue weighted by Crippen LogP contribution is -2.50. The van der Waals surface area contributed by atoms with Crippen molar-refractivity contribution in [3.63, 3.8) is 0 Å². The summed E-state index contributed by atoms with van der Waals surface area (Å²) in [6.07, 6.45) is -3.06. The molecule has 2 aliphatic rings. The molecule has 0 bridgehead atoms. The van der Waals surface area contributed by atoms with E-state index in [1.165, 1.54) is 25.7 Å². The van der Waals surface area contributed by atoms with Gasteiger partial charge in [-0.25, -0.2) is 0 Å². The topological polar surface area (TPSA) is 15.7 Å². The number of nitrogens with zero attached hydrogens (tertiary/aromatic N) is 2. The summed E-state index contributed by atoms with van der Waals surface area (Å²) < 4.78 is 85.6. The van der Waals surface area contributed by atoms with E-state index in [4.69, 9.17) is 4.74 Å². The van der Waals surface area contributed by atoms with Crippen molar-refractivity contribution in [3.8, 4) is 5.75 Å². The Hall–Kier alpha value is -2.26. The third kappa shape index (κ3) is 6.35. The van der Waals surface area contributed by atoms with Gasteiger partial charge in [0.25, 0.3) is 0 Å². The number of halogens is 6. The van der Waals surface area contributed by atoms with Gasteiger partial charge in [0, 0.05) is 43.8 Å². The number of methoxy groups -OCH3 is 1. The van der Waals surface area contributed by atoms with Gasteiger partial charge in [0.2, 0.25) is 0 Å². The summed E-state index contributed by atoms with van der Waals surface area (Å²) >= 11 is 0. The number of piperazine rings is 1. The van der Waals surface area contributed by atoms with E-state index in [9.17, 15) is 26.3 Å². The van der Waals surface area contributed by atoms with Gasteiger partial charge in [-0.1, -0.05) is 31.0 Å². The Labute approximate surface area is 208 Å². The van der Waals surface area contributed by atoms with Crippen LogP contribution in [-0.4, -0.2) is 49.1 Å². The average molecular weight is 514 g/mol. The van der Waals surface area contributed by atoms with Crippen LogP contribution < -0.4 is 4.74 Å². The standard InChI is InChI=1S/C27H31F6N2O/c1-36-25-9-5-4-8-23(25)24(35-14-12-34(13-15-35)22-6-2-3-7-22)11-10-19-16-20(26(28,29)30)18-21(17-19)27(31,32)33/h4-5,8-9,11,16-18,22,24H,2-3,6-7,10,12-15H2,1H3. The maximum atomic E-state index is 13.3. The minimum atomic E-state index is -4.87. The lowest BCUT2D eigenvalue weighted by atomic mass is 9.94. The maximum absolute atomic E-state index is 13.3. The van der Waals surface area contributed by atoms with Crippen molar-refractivity contribution < 1.29 is 31.1 Å². The summed E-state index contributed by atoms with van der Waals surface area (Å²) in [5.41, 5.74) is -1.77. The summed E-state index contributed by atoms with van der Waals surface area (Å²) in [7, 11) is 1.55. The van der Waals surface area contributed by atoms with Crippen molar-refractivity contribution >= 4 is 0 Å². The highest BCUT2D eigenvalue weighted by atomic mass is 19.4. The maximum Gasteiger partial charge on any atom is 0.416 e. The van der Waals surface area contributed by atoms with Gasteiger partial charge >= 0.3 is 12.4 Å². The zero-order chi connectivity index (χ0) is 25.9. The van der Waals surface area contributed by atoms with Gasteiger partial charge in [0.05, 0.1) is 18.2 Å². The molecule has 0 amide bonds. The molecule has 1 radical (unpaired) electrons. The number of alkyl halides is 6. The third-order valence-corrected chi connectivity index (χ3v) is 7.27. The number of benzene rings is 2. The van der Waals surface area contributed by atoms with Crippen LogP contribution in [-0.2, 0) is 18.8 Å². The monoisotopic (exact) mass is 513 g/mol. The molecule has 1 atom stereocenters. The molecule has 1 saturated carbocycles. The smallest absolute Gasteiger partial charge is 0.416 e. The van der Waals surface area contributed by atoms with Crippen LogP contribution in [0.3, 0.4) is 0 Å². The van der Waals surface area contributed by atoms with Crippen LogP contribution in [0.4, 0.5) is 26.3 Å². The molecule has 0 spiro atoms. The second-order valence-corrected chi connectivity index (χ2v) is 9.55. The molecular weight excluding hydrogens is 482 g/mol. The molecule has 9 heteroatoms. The highest BCUT2D eigenvalue weighted by molar-refractivity contribution is 5.39. The fourth-order valence-electron chi connectivity index (χ4n) is 5.42. The fourth-order valence-corrected chi connectivity index (χ4v) is 5.42. The number of rotatable bonds is 7. The van der Waals surface area contributed by atoms with E-state index < -0.39 is 23.5 Å². The summed E-state index contributed by atoms with van der Waals surface area (Å²) in [4.78, 5) is 4.74. The van der Waals surface area contributed by atoms with Crippen molar-refractivity contribution in [2.75, 3.05) is 33.3 Å². The van der Waals surface area contributed by atoms with E-state index in [-0.39, 0.29) is 24.1 Å². The quantitative estimate of drug-likeness (QED) is 0.380. The molecule has 2 fully saturated rings. The van der Waals surface area contributed by atoms with Gasteiger partial charge in [-0.3, -0.25) is 9.80 Å². The van der Waals surface area contributed by atoms with Crippen LogP contribution in [0.5, 0.6) is 5.75 Å². The molecule has 2 aromatic carbocycles. The second-order valence-electron chi connectivity index (χ2n) is 9.55. The van der Waals surface area contributed by atoms with Crippen LogP contribution in [0.1, 0.15) is 54.0 Å². The molecule has 1 aliphatic heterocycles. The first-order valence-electron chi connectivity index (χ1n) is 12.3. The molecular formula is C27H31F6N2O. The number of hydrogen-bond donors (Lipinski definition) is 0. The Kier molecular flexibility index (Phi) is 8.19. The molecule has 0 aromatic heterocycles. The minimum Gasteiger partial charge on any atom is -0.496 e. The van der Waals surface area contributed by atoms with E-state index in [1.54, 1.807) is 13.5 Å². The predicted octanol–water partition coefficient (Wildman–Crippen LogP) is 6.78. The Balaban J connectivity index is 1.57. The first-order chi connectivity index (χ1) is 17.1. The van der Waals surface area contributed by atoms with Crippen molar-refractivity contribution in [1.82, 2.24) is 9.80 Å². The Morgan fingerprint density at radius 3 is 2.03 bits per heavy atom. The molecule has 4 rings (SSSR count).